The van der Waals surface area contributed by atoms with Crippen LogP contribution in [-0.2, 0) is 4.18 Å². The van der Waals surface area contributed by atoms with Crippen molar-refractivity contribution in [3.63, 3.8) is 0 Å². The minimum Gasteiger partial charge on any atom is -0.391 e. The first-order valence-electron chi connectivity index (χ1n) is 3.27. The van der Waals surface area contributed by atoms with Crippen LogP contribution >= 0.6 is 24.5 Å². The van der Waals surface area contributed by atoms with Gasteiger partial charge in [-0.1, -0.05) is 17.7 Å². The second kappa shape index (κ2) is 3.83. The number of carbonyl (C=O) groups excluding carboxylic acids is 1. The number of benzene rings is 1. The van der Waals surface area contributed by atoms with Gasteiger partial charge < -0.3 is 4.18 Å². The van der Waals surface area contributed by atoms with Crippen LogP contribution in [0.3, 0.4) is 0 Å². The first-order valence-corrected chi connectivity index (χ1v) is 4.01. The van der Waals surface area contributed by atoms with Crippen molar-refractivity contribution in [1.29, 1.82) is 0 Å². The zero-order chi connectivity index (χ0) is 9.14. The monoisotopic (exact) mass is 202 g/mol. The van der Waals surface area contributed by atoms with E-state index in [1.54, 1.807) is 25.1 Å². The van der Waals surface area contributed by atoms with Gasteiger partial charge in [0.2, 0.25) is 0 Å². The van der Waals surface area contributed by atoms with Gasteiger partial charge in [0.05, 0.1) is 5.56 Å². The Kier molecular flexibility index (Phi) is 3.00. The minimum atomic E-state index is -0.488. The summed E-state index contributed by atoms with van der Waals surface area (Å²) >= 11 is 9.10. The van der Waals surface area contributed by atoms with Crippen LogP contribution in [-0.4, -0.2) is 5.97 Å². The summed E-state index contributed by atoms with van der Waals surface area (Å²) in [6.45, 7) is 1.80. The van der Waals surface area contributed by atoms with Gasteiger partial charge in [0.1, 0.15) is 0 Å². The molecule has 0 aliphatic heterocycles. The molecule has 0 atom stereocenters. The van der Waals surface area contributed by atoms with Crippen LogP contribution in [0, 0.1) is 6.92 Å². The van der Waals surface area contributed by atoms with Crippen molar-refractivity contribution >= 4 is 30.5 Å². The average Bonchev–Trinajstić information content (AvgIpc) is 2.08. The van der Waals surface area contributed by atoms with Crippen LogP contribution in [0.15, 0.2) is 18.2 Å². The second-order valence-corrected chi connectivity index (χ2v) is 2.96. The third kappa shape index (κ3) is 1.93. The Balaban J connectivity index is 3.13. The molecule has 0 saturated heterocycles. The molecule has 0 aromatic heterocycles. The highest BCUT2D eigenvalue weighted by molar-refractivity contribution is 7.75. The number of rotatable bonds is 1. The zero-order valence-corrected chi connectivity index (χ0v) is 8.02. The summed E-state index contributed by atoms with van der Waals surface area (Å²) in [5.41, 5.74) is 1.26. The Hall–Kier alpha value is -0.670. The number of carbonyl (C=O) groups is 1. The Labute approximate surface area is 81.1 Å². The SMILES string of the molecule is Cc1ccc(Cl)cc1C(=O)OS. The van der Waals surface area contributed by atoms with Crippen molar-refractivity contribution in [2.24, 2.45) is 0 Å². The van der Waals surface area contributed by atoms with Crippen molar-refractivity contribution in [3.8, 4) is 0 Å². The number of aryl methyl sites for hydroxylation is 1. The number of thiol groups is 1. The third-order valence-electron chi connectivity index (χ3n) is 1.50. The highest BCUT2D eigenvalue weighted by atomic mass is 35.5. The predicted octanol–water partition coefficient (Wildman–Crippen LogP) is 2.65. The normalized spacial score (nSPS) is 9.58. The van der Waals surface area contributed by atoms with Gasteiger partial charge in [-0.05, 0) is 24.6 Å². The summed E-state index contributed by atoms with van der Waals surface area (Å²) in [4.78, 5) is 11.0. The van der Waals surface area contributed by atoms with Gasteiger partial charge in [0, 0.05) is 17.9 Å². The lowest BCUT2D eigenvalue weighted by molar-refractivity contribution is 0.0771. The van der Waals surface area contributed by atoms with E-state index in [9.17, 15) is 4.79 Å². The topological polar surface area (TPSA) is 26.3 Å². The first kappa shape index (κ1) is 9.42. The van der Waals surface area contributed by atoms with Crippen LogP contribution in [0.1, 0.15) is 15.9 Å². The van der Waals surface area contributed by atoms with Crippen molar-refractivity contribution in [2.45, 2.75) is 6.92 Å². The molecular weight excluding hydrogens is 196 g/mol. The van der Waals surface area contributed by atoms with E-state index >= 15 is 0 Å². The molecule has 0 unspecified atom stereocenters. The van der Waals surface area contributed by atoms with Gasteiger partial charge in [-0.2, -0.15) is 0 Å². The fourth-order valence-corrected chi connectivity index (χ4v) is 1.13. The molecule has 0 fully saturated rings. The fraction of sp³-hybridized carbons (Fsp3) is 0.125. The van der Waals surface area contributed by atoms with Crippen LogP contribution in [0.25, 0.3) is 0 Å². The van der Waals surface area contributed by atoms with Crippen molar-refractivity contribution in [2.75, 3.05) is 0 Å². The largest absolute Gasteiger partial charge is 0.391 e. The van der Waals surface area contributed by atoms with Gasteiger partial charge in [0.25, 0.3) is 0 Å². The lowest BCUT2D eigenvalue weighted by atomic mass is 10.1. The molecule has 2 nitrogen and oxygen atoms in total. The summed E-state index contributed by atoms with van der Waals surface area (Å²) in [7, 11) is 0. The summed E-state index contributed by atoms with van der Waals surface area (Å²) in [5, 5.41) is 0.509. The van der Waals surface area contributed by atoms with E-state index in [2.05, 4.69) is 17.1 Å². The first-order chi connectivity index (χ1) is 5.65. The second-order valence-electron chi connectivity index (χ2n) is 2.34. The Morgan fingerprint density at radius 3 is 2.83 bits per heavy atom. The van der Waals surface area contributed by atoms with Gasteiger partial charge in [0.15, 0.2) is 0 Å². The van der Waals surface area contributed by atoms with Crippen molar-refractivity contribution in [3.05, 3.63) is 34.3 Å². The number of hydrogen-bond donors (Lipinski definition) is 1. The predicted molar refractivity (Wildman–Crippen MR) is 50.6 cm³/mol. The highest BCUT2D eigenvalue weighted by Gasteiger charge is 2.09. The lowest BCUT2D eigenvalue weighted by Gasteiger charge is -2.01. The molecule has 12 heavy (non-hydrogen) atoms. The maximum atomic E-state index is 11.0. The Morgan fingerprint density at radius 1 is 1.58 bits per heavy atom. The molecule has 0 amide bonds. The molecule has 1 aromatic carbocycles. The average molecular weight is 203 g/mol. The quantitative estimate of drug-likeness (QED) is 0.560. The fourth-order valence-electron chi connectivity index (χ4n) is 0.863. The van der Waals surface area contributed by atoms with E-state index in [-0.39, 0.29) is 0 Å². The molecule has 0 radical (unpaired) electrons. The molecule has 0 heterocycles. The van der Waals surface area contributed by atoms with Crippen molar-refractivity contribution < 1.29 is 8.98 Å². The van der Waals surface area contributed by atoms with Crippen LogP contribution < -0.4 is 0 Å². The molecule has 64 valence electrons. The molecule has 0 aliphatic carbocycles. The summed E-state index contributed by atoms with van der Waals surface area (Å²) in [6, 6.07) is 5.02. The molecule has 0 N–H and O–H groups in total. The summed E-state index contributed by atoms with van der Waals surface area (Å²) < 4.78 is 4.27. The van der Waals surface area contributed by atoms with Gasteiger partial charge in [-0.3, -0.25) is 0 Å². The molecule has 0 saturated carbocycles. The molecule has 0 bridgehead atoms. The van der Waals surface area contributed by atoms with E-state index in [0.29, 0.717) is 10.6 Å². The zero-order valence-electron chi connectivity index (χ0n) is 6.37. The standard InChI is InChI=1S/C8H7ClO2S/c1-5-2-3-6(9)4-7(5)8(10)11-12/h2-4,12H,1H3. The molecule has 4 heteroatoms. The van der Waals surface area contributed by atoms with Gasteiger partial charge in [-0.15, -0.1) is 0 Å². The van der Waals surface area contributed by atoms with E-state index < -0.39 is 5.97 Å². The highest BCUT2D eigenvalue weighted by Crippen LogP contribution is 2.16. The molecule has 1 aromatic rings. The smallest absolute Gasteiger partial charge is 0.350 e. The maximum absolute atomic E-state index is 11.0. The molecule has 0 aliphatic rings. The van der Waals surface area contributed by atoms with E-state index in [1.165, 1.54) is 0 Å². The van der Waals surface area contributed by atoms with Crippen LogP contribution in [0.2, 0.25) is 5.02 Å². The molecular formula is C8H7ClO2S. The third-order valence-corrected chi connectivity index (χ3v) is 1.90. The maximum Gasteiger partial charge on any atom is 0.350 e. The van der Waals surface area contributed by atoms with Crippen LogP contribution in [0.4, 0.5) is 0 Å². The Bertz CT molecular complexity index is 312. The van der Waals surface area contributed by atoms with Gasteiger partial charge >= 0.3 is 5.97 Å². The Morgan fingerprint density at radius 2 is 2.25 bits per heavy atom. The summed E-state index contributed by atoms with van der Waals surface area (Å²) in [6.07, 6.45) is 0. The van der Waals surface area contributed by atoms with Crippen LogP contribution in [0.5, 0.6) is 0 Å². The van der Waals surface area contributed by atoms with E-state index in [1.807, 2.05) is 0 Å². The van der Waals surface area contributed by atoms with E-state index in [4.69, 9.17) is 11.6 Å². The minimum absolute atomic E-state index is 0.442. The number of hydrogen-bond acceptors (Lipinski definition) is 3. The number of halogens is 1. The van der Waals surface area contributed by atoms with Crippen molar-refractivity contribution in [1.82, 2.24) is 0 Å². The summed E-state index contributed by atoms with van der Waals surface area (Å²) in [5.74, 6) is -0.488. The lowest BCUT2D eigenvalue weighted by Crippen LogP contribution is -2.00. The van der Waals surface area contributed by atoms with E-state index in [0.717, 1.165) is 5.56 Å². The molecule has 0 spiro atoms. The van der Waals surface area contributed by atoms with Gasteiger partial charge in [-0.25, -0.2) is 4.79 Å². The molecule has 1 rings (SSSR count).